The van der Waals surface area contributed by atoms with Gasteiger partial charge < -0.3 is 9.64 Å². The molecular weight excluding hydrogens is 402 g/mol. The second-order valence-electron chi connectivity index (χ2n) is 6.90. The number of rotatable bonds is 4. The van der Waals surface area contributed by atoms with E-state index < -0.39 is 10.0 Å². The molecule has 0 radical (unpaired) electrons. The zero-order valence-electron chi connectivity index (χ0n) is 16.5. The van der Waals surface area contributed by atoms with Gasteiger partial charge in [-0.15, -0.1) is 0 Å². The summed E-state index contributed by atoms with van der Waals surface area (Å²) >= 11 is 0. The van der Waals surface area contributed by atoms with Crippen molar-refractivity contribution in [2.45, 2.75) is 4.90 Å². The molecule has 0 saturated carbocycles. The lowest BCUT2D eigenvalue weighted by molar-refractivity contribution is 0.316. The van der Waals surface area contributed by atoms with Crippen molar-refractivity contribution in [1.29, 1.82) is 5.26 Å². The summed E-state index contributed by atoms with van der Waals surface area (Å²) < 4.78 is 33.7. The summed E-state index contributed by atoms with van der Waals surface area (Å²) in [5, 5.41) is 8.93. The highest BCUT2D eigenvalue weighted by molar-refractivity contribution is 7.92. The molecule has 2 aromatic heterocycles. The van der Waals surface area contributed by atoms with E-state index >= 15 is 0 Å². The fourth-order valence-electron chi connectivity index (χ4n) is 3.17. The number of aromatic nitrogens is 2. The molecule has 0 aliphatic carbocycles. The van der Waals surface area contributed by atoms with E-state index in [-0.39, 0.29) is 18.0 Å². The van der Waals surface area contributed by atoms with E-state index in [4.69, 9.17) is 10.00 Å². The average molecular weight is 421 g/mol. The number of hydrogen-bond acceptors (Lipinski definition) is 7. The minimum Gasteiger partial charge on any atom is -0.489 e. The highest BCUT2D eigenvalue weighted by atomic mass is 32.2. The number of pyridine rings is 2. The molecule has 0 atom stereocenters. The van der Waals surface area contributed by atoms with Gasteiger partial charge in [0.1, 0.15) is 34.8 Å². The Hall–Kier alpha value is -3.64. The molecule has 0 amide bonds. The van der Waals surface area contributed by atoms with Gasteiger partial charge in [0, 0.05) is 32.1 Å². The monoisotopic (exact) mass is 421 g/mol. The highest BCUT2D eigenvalue weighted by Crippen LogP contribution is 2.38. The van der Waals surface area contributed by atoms with Crippen LogP contribution in [0.1, 0.15) is 5.69 Å². The van der Waals surface area contributed by atoms with E-state index in [9.17, 15) is 8.42 Å². The van der Waals surface area contributed by atoms with E-state index in [1.165, 1.54) is 10.5 Å². The molecule has 1 aromatic carbocycles. The molecule has 30 heavy (non-hydrogen) atoms. The molecule has 3 heterocycles. The number of nitrogens with zero attached hydrogens (tertiary/aromatic N) is 5. The minimum atomic E-state index is -3.81. The Kier molecular flexibility index (Phi) is 5.01. The molecule has 8 nitrogen and oxygen atoms in total. The van der Waals surface area contributed by atoms with Gasteiger partial charge in [0.25, 0.3) is 10.0 Å². The summed E-state index contributed by atoms with van der Waals surface area (Å²) in [6.07, 6.45) is 2.96. The Labute approximate surface area is 175 Å². The molecule has 0 spiro atoms. The average Bonchev–Trinajstić information content (AvgIpc) is 2.78. The maximum Gasteiger partial charge on any atom is 0.266 e. The lowest BCUT2D eigenvalue weighted by Crippen LogP contribution is -2.38. The first-order valence-electron chi connectivity index (χ1n) is 9.19. The molecule has 152 valence electrons. The molecule has 0 fully saturated rings. The Bertz CT molecular complexity index is 1220. The van der Waals surface area contributed by atoms with Crippen molar-refractivity contribution in [3.05, 3.63) is 60.6 Å². The largest absolute Gasteiger partial charge is 0.489 e. The predicted octanol–water partition coefficient (Wildman–Crippen LogP) is 2.67. The van der Waals surface area contributed by atoms with Crippen molar-refractivity contribution in [3.8, 4) is 22.9 Å². The summed E-state index contributed by atoms with van der Waals surface area (Å²) in [5.41, 5.74) is 2.33. The molecule has 3 aromatic rings. The fourth-order valence-corrected chi connectivity index (χ4v) is 4.57. The van der Waals surface area contributed by atoms with Crippen LogP contribution in [0.4, 0.5) is 11.5 Å². The van der Waals surface area contributed by atoms with Gasteiger partial charge in [-0.3, -0.25) is 4.31 Å². The number of anilines is 2. The van der Waals surface area contributed by atoms with Crippen LogP contribution in [0.3, 0.4) is 0 Å². The van der Waals surface area contributed by atoms with Gasteiger partial charge in [0.15, 0.2) is 0 Å². The first kappa shape index (κ1) is 19.7. The normalized spacial score (nSPS) is 13.2. The number of hydrogen-bond donors (Lipinski definition) is 0. The van der Waals surface area contributed by atoms with E-state index in [1.807, 2.05) is 26.2 Å². The third kappa shape index (κ3) is 3.53. The van der Waals surface area contributed by atoms with E-state index in [0.29, 0.717) is 22.9 Å². The van der Waals surface area contributed by atoms with Crippen LogP contribution in [0.2, 0.25) is 0 Å². The minimum absolute atomic E-state index is 0.117. The maximum atomic E-state index is 13.3. The number of ether oxygens (including phenoxy) is 1. The Morgan fingerprint density at radius 1 is 1.07 bits per heavy atom. The number of sulfonamides is 1. The molecule has 0 bridgehead atoms. The standard InChI is InChI=1S/C21H19N5O3S/c1-25(2)21-8-6-18(14-24-21)30(27,28)26-9-10-29-20-7-4-15(11-19(20)26)16-3-5-17(12-22)23-13-16/h3-8,11,13-14H,9-10H2,1-2H3. The van der Waals surface area contributed by atoms with E-state index in [2.05, 4.69) is 9.97 Å². The van der Waals surface area contributed by atoms with Crippen molar-refractivity contribution < 1.29 is 13.2 Å². The predicted molar refractivity (Wildman–Crippen MR) is 113 cm³/mol. The Morgan fingerprint density at radius 3 is 2.50 bits per heavy atom. The summed E-state index contributed by atoms with van der Waals surface area (Å²) in [7, 11) is -0.131. The number of fused-ring (bicyclic) bond motifs is 1. The van der Waals surface area contributed by atoms with Crippen molar-refractivity contribution in [2.75, 3.05) is 36.5 Å². The molecule has 1 aliphatic heterocycles. The van der Waals surface area contributed by atoms with Gasteiger partial charge >= 0.3 is 0 Å². The lowest BCUT2D eigenvalue weighted by atomic mass is 10.1. The van der Waals surface area contributed by atoms with Crippen LogP contribution in [0.15, 0.2) is 59.8 Å². The zero-order valence-corrected chi connectivity index (χ0v) is 17.3. The van der Waals surface area contributed by atoms with Gasteiger partial charge in [-0.25, -0.2) is 18.4 Å². The fraction of sp³-hybridized carbons (Fsp3) is 0.190. The molecule has 1 aliphatic rings. The Balaban J connectivity index is 1.74. The van der Waals surface area contributed by atoms with Crippen molar-refractivity contribution in [3.63, 3.8) is 0 Å². The second kappa shape index (κ2) is 7.65. The van der Waals surface area contributed by atoms with Gasteiger partial charge in [0.05, 0.1) is 12.2 Å². The topological polar surface area (TPSA) is 99.4 Å². The highest BCUT2D eigenvalue weighted by Gasteiger charge is 2.30. The van der Waals surface area contributed by atoms with Crippen LogP contribution in [0.5, 0.6) is 5.75 Å². The number of benzene rings is 1. The van der Waals surface area contributed by atoms with Crippen LogP contribution in [0.25, 0.3) is 11.1 Å². The SMILES string of the molecule is CN(C)c1ccc(S(=O)(=O)N2CCOc3ccc(-c4ccc(C#N)nc4)cc32)cn1. The van der Waals surface area contributed by atoms with Crippen LogP contribution >= 0.6 is 0 Å². The van der Waals surface area contributed by atoms with Gasteiger partial charge in [-0.2, -0.15) is 5.26 Å². The van der Waals surface area contributed by atoms with E-state index in [0.717, 1.165) is 11.1 Å². The molecule has 0 unspecified atom stereocenters. The molecule has 0 N–H and O–H groups in total. The summed E-state index contributed by atoms with van der Waals surface area (Å²) in [5.74, 6) is 1.17. The van der Waals surface area contributed by atoms with Crippen LogP contribution < -0.4 is 13.9 Å². The molecule has 9 heteroatoms. The third-order valence-electron chi connectivity index (χ3n) is 4.76. The first-order valence-corrected chi connectivity index (χ1v) is 10.6. The summed E-state index contributed by atoms with van der Waals surface area (Å²) in [6, 6.07) is 14.0. The molecular formula is C21H19N5O3S. The first-order chi connectivity index (χ1) is 14.4. The van der Waals surface area contributed by atoms with Gasteiger partial charge in [-0.1, -0.05) is 6.07 Å². The second-order valence-corrected chi connectivity index (χ2v) is 8.76. The molecule has 4 rings (SSSR count). The van der Waals surface area contributed by atoms with Gasteiger partial charge in [0.2, 0.25) is 0 Å². The summed E-state index contributed by atoms with van der Waals surface area (Å²) in [6.45, 7) is 0.451. The van der Waals surface area contributed by atoms with Crippen LogP contribution in [-0.2, 0) is 10.0 Å². The zero-order chi connectivity index (χ0) is 21.3. The lowest BCUT2D eigenvalue weighted by Gasteiger charge is -2.31. The number of nitriles is 1. The smallest absolute Gasteiger partial charge is 0.266 e. The van der Waals surface area contributed by atoms with Gasteiger partial charge in [-0.05, 0) is 42.0 Å². The quantitative estimate of drug-likeness (QED) is 0.638. The third-order valence-corrected chi connectivity index (χ3v) is 6.55. The maximum absolute atomic E-state index is 13.3. The van der Waals surface area contributed by atoms with E-state index in [1.54, 1.807) is 47.5 Å². The van der Waals surface area contributed by atoms with Crippen molar-refractivity contribution >= 4 is 21.5 Å². The van der Waals surface area contributed by atoms with Crippen molar-refractivity contribution in [1.82, 2.24) is 9.97 Å². The van der Waals surface area contributed by atoms with Crippen LogP contribution in [-0.4, -0.2) is 45.6 Å². The van der Waals surface area contributed by atoms with Crippen LogP contribution in [0, 0.1) is 11.3 Å². The summed E-state index contributed by atoms with van der Waals surface area (Å²) in [4.78, 5) is 10.2. The Morgan fingerprint density at radius 2 is 1.87 bits per heavy atom. The molecule has 0 saturated heterocycles. The van der Waals surface area contributed by atoms with Crippen molar-refractivity contribution in [2.24, 2.45) is 0 Å².